The topological polar surface area (TPSA) is 93.8 Å². The number of hydrogen-bond donors (Lipinski definition) is 3. The Morgan fingerprint density at radius 3 is 2.72 bits per heavy atom. The Labute approximate surface area is 174 Å². The van der Waals surface area contributed by atoms with Crippen LogP contribution in [0.1, 0.15) is 58.3 Å². The van der Waals surface area contributed by atoms with E-state index in [-0.39, 0.29) is 29.4 Å². The lowest BCUT2D eigenvalue weighted by molar-refractivity contribution is -0.136. The van der Waals surface area contributed by atoms with E-state index in [1.54, 1.807) is 0 Å². The summed E-state index contributed by atoms with van der Waals surface area (Å²) in [6.45, 7) is 4.41. The van der Waals surface area contributed by atoms with Crippen LogP contribution in [0, 0.1) is 11.8 Å². The number of nitrogens with zero attached hydrogens (tertiary/aromatic N) is 2. The highest BCUT2D eigenvalue weighted by Gasteiger charge is 2.46. The van der Waals surface area contributed by atoms with Crippen LogP contribution in [0.25, 0.3) is 0 Å². The molecule has 2 aliphatic carbocycles. The predicted octanol–water partition coefficient (Wildman–Crippen LogP) is 0.372. The SMILES string of the molecule is CCC1CCCC2NC(C(=O)N3CCN4NC(NS(=O)(=O)C5CC5)CC4C3)CC12. The summed E-state index contributed by atoms with van der Waals surface area (Å²) in [7, 11) is -3.21. The average molecular weight is 426 g/mol. The van der Waals surface area contributed by atoms with E-state index < -0.39 is 10.0 Å². The Kier molecular flexibility index (Phi) is 5.39. The van der Waals surface area contributed by atoms with Crippen molar-refractivity contribution < 1.29 is 13.2 Å². The summed E-state index contributed by atoms with van der Waals surface area (Å²) in [6.07, 6.45) is 7.98. The highest BCUT2D eigenvalue weighted by atomic mass is 32.2. The molecule has 6 atom stereocenters. The van der Waals surface area contributed by atoms with E-state index in [2.05, 4.69) is 27.4 Å². The molecule has 0 aromatic carbocycles. The number of amides is 1. The van der Waals surface area contributed by atoms with Gasteiger partial charge in [0.05, 0.1) is 17.5 Å². The number of rotatable bonds is 5. The summed E-state index contributed by atoms with van der Waals surface area (Å²) in [5.74, 6) is 1.66. The number of nitrogens with one attached hydrogen (secondary N) is 3. The fraction of sp³-hybridized carbons (Fsp3) is 0.950. The van der Waals surface area contributed by atoms with Crippen molar-refractivity contribution in [2.24, 2.45) is 11.8 Å². The van der Waals surface area contributed by atoms with Crippen LogP contribution in [0.5, 0.6) is 0 Å². The van der Waals surface area contributed by atoms with Crippen molar-refractivity contribution >= 4 is 15.9 Å². The zero-order chi connectivity index (χ0) is 20.2. The fourth-order valence-corrected chi connectivity index (χ4v) is 7.61. The van der Waals surface area contributed by atoms with Crippen molar-refractivity contribution in [3.63, 3.8) is 0 Å². The molecule has 2 saturated carbocycles. The molecule has 0 spiro atoms. The van der Waals surface area contributed by atoms with Crippen LogP contribution in [0.3, 0.4) is 0 Å². The molecule has 0 aromatic heterocycles. The van der Waals surface area contributed by atoms with Crippen LogP contribution in [-0.2, 0) is 14.8 Å². The Hall–Kier alpha value is -0.740. The van der Waals surface area contributed by atoms with Gasteiger partial charge in [0, 0.05) is 31.7 Å². The molecule has 5 aliphatic rings. The van der Waals surface area contributed by atoms with Crippen molar-refractivity contribution in [3.05, 3.63) is 0 Å². The highest BCUT2D eigenvalue weighted by molar-refractivity contribution is 7.90. The van der Waals surface area contributed by atoms with E-state index in [0.29, 0.717) is 31.5 Å². The normalized spacial score (nSPS) is 40.7. The molecule has 0 aromatic rings. The van der Waals surface area contributed by atoms with Crippen molar-refractivity contribution in [2.75, 3.05) is 19.6 Å². The maximum atomic E-state index is 13.2. The first kappa shape index (κ1) is 20.2. The second-order valence-corrected chi connectivity index (χ2v) is 11.7. The lowest BCUT2D eigenvalue weighted by Gasteiger charge is -2.38. The molecule has 164 valence electrons. The number of hydrogen-bond acceptors (Lipinski definition) is 6. The first-order chi connectivity index (χ1) is 13.9. The number of fused-ring (bicyclic) bond motifs is 2. The molecule has 3 heterocycles. The van der Waals surface area contributed by atoms with E-state index in [4.69, 9.17) is 0 Å². The van der Waals surface area contributed by atoms with E-state index >= 15 is 0 Å². The predicted molar refractivity (Wildman–Crippen MR) is 110 cm³/mol. The van der Waals surface area contributed by atoms with Crippen LogP contribution in [0.2, 0.25) is 0 Å². The molecule has 3 N–H and O–H groups in total. The molecule has 0 radical (unpaired) electrons. The molecule has 9 heteroatoms. The Bertz CT molecular complexity index is 742. The number of hydrazine groups is 1. The van der Waals surface area contributed by atoms with Gasteiger partial charge in [0.25, 0.3) is 0 Å². The summed E-state index contributed by atoms with van der Waals surface area (Å²) >= 11 is 0. The van der Waals surface area contributed by atoms with E-state index in [0.717, 1.165) is 31.7 Å². The van der Waals surface area contributed by atoms with Crippen LogP contribution in [0.15, 0.2) is 0 Å². The number of carbonyl (C=O) groups excluding carboxylic acids is 1. The van der Waals surface area contributed by atoms with Gasteiger partial charge in [0.15, 0.2) is 0 Å². The van der Waals surface area contributed by atoms with Gasteiger partial charge in [-0.05, 0) is 43.9 Å². The summed E-state index contributed by atoms with van der Waals surface area (Å²) in [5.41, 5.74) is 3.30. The molecular weight excluding hydrogens is 390 g/mol. The zero-order valence-corrected chi connectivity index (χ0v) is 18.2. The number of sulfonamides is 1. The minimum atomic E-state index is -3.21. The number of piperazine rings is 1. The summed E-state index contributed by atoms with van der Waals surface area (Å²) < 4.78 is 27.3. The van der Waals surface area contributed by atoms with Crippen molar-refractivity contribution in [1.29, 1.82) is 0 Å². The zero-order valence-electron chi connectivity index (χ0n) is 17.3. The molecule has 29 heavy (non-hydrogen) atoms. The van der Waals surface area contributed by atoms with Gasteiger partial charge in [0.1, 0.15) is 0 Å². The third-order valence-electron chi connectivity index (χ3n) is 7.85. The van der Waals surface area contributed by atoms with Gasteiger partial charge >= 0.3 is 0 Å². The van der Waals surface area contributed by atoms with Crippen LogP contribution in [0.4, 0.5) is 0 Å². The molecule has 0 bridgehead atoms. The maximum Gasteiger partial charge on any atom is 0.239 e. The minimum absolute atomic E-state index is 0.0396. The van der Waals surface area contributed by atoms with Crippen molar-refractivity contribution in [2.45, 2.75) is 87.8 Å². The van der Waals surface area contributed by atoms with E-state index in [1.165, 1.54) is 25.7 Å². The van der Waals surface area contributed by atoms with Gasteiger partial charge in [0.2, 0.25) is 15.9 Å². The summed E-state index contributed by atoms with van der Waals surface area (Å²) in [6, 6.07) is 0.646. The van der Waals surface area contributed by atoms with Gasteiger partial charge in [-0.2, -0.15) is 4.72 Å². The third-order valence-corrected chi connectivity index (χ3v) is 9.81. The molecule has 1 amide bonds. The maximum absolute atomic E-state index is 13.2. The van der Waals surface area contributed by atoms with Gasteiger partial charge in [-0.3, -0.25) is 4.79 Å². The quantitative estimate of drug-likeness (QED) is 0.589. The minimum Gasteiger partial charge on any atom is -0.338 e. The van der Waals surface area contributed by atoms with Gasteiger partial charge in [-0.25, -0.2) is 18.9 Å². The third kappa shape index (κ3) is 3.96. The molecule has 5 fully saturated rings. The average Bonchev–Trinajstić information content (AvgIpc) is 3.37. The van der Waals surface area contributed by atoms with Crippen LogP contribution < -0.4 is 15.5 Å². The second-order valence-electron chi connectivity index (χ2n) is 9.74. The molecular formula is C20H35N5O3S. The first-order valence-electron chi connectivity index (χ1n) is 11.5. The molecule has 3 aliphatic heterocycles. The summed E-state index contributed by atoms with van der Waals surface area (Å²) in [5, 5.41) is 5.58. The van der Waals surface area contributed by atoms with E-state index in [1.807, 2.05) is 4.90 Å². The number of carbonyl (C=O) groups is 1. The van der Waals surface area contributed by atoms with Crippen LogP contribution in [-0.4, -0.2) is 73.4 Å². The smallest absolute Gasteiger partial charge is 0.239 e. The van der Waals surface area contributed by atoms with E-state index in [9.17, 15) is 13.2 Å². The van der Waals surface area contributed by atoms with Gasteiger partial charge < -0.3 is 10.2 Å². The lowest BCUT2D eigenvalue weighted by atomic mass is 9.75. The van der Waals surface area contributed by atoms with Gasteiger partial charge in [-0.15, -0.1) is 0 Å². The highest BCUT2D eigenvalue weighted by Crippen LogP contribution is 2.40. The lowest BCUT2D eigenvalue weighted by Crippen LogP contribution is -2.58. The Morgan fingerprint density at radius 2 is 1.97 bits per heavy atom. The van der Waals surface area contributed by atoms with Crippen LogP contribution >= 0.6 is 0 Å². The molecule has 8 nitrogen and oxygen atoms in total. The second kappa shape index (κ2) is 7.75. The molecule has 3 saturated heterocycles. The monoisotopic (exact) mass is 425 g/mol. The Morgan fingerprint density at radius 1 is 1.14 bits per heavy atom. The Balaban J connectivity index is 1.17. The molecule has 6 unspecified atom stereocenters. The van der Waals surface area contributed by atoms with Gasteiger partial charge in [-0.1, -0.05) is 26.2 Å². The van der Waals surface area contributed by atoms with Crippen molar-refractivity contribution in [1.82, 2.24) is 25.4 Å². The van der Waals surface area contributed by atoms with Crippen molar-refractivity contribution in [3.8, 4) is 0 Å². The largest absolute Gasteiger partial charge is 0.338 e. The molecule has 5 rings (SSSR count). The first-order valence-corrected chi connectivity index (χ1v) is 13.1. The summed E-state index contributed by atoms with van der Waals surface area (Å²) in [4.78, 5) is 15.3. The standard InChI is InChI=1S/C20H35N5O3S/c1-2-13-4-3-5-17-16(13)11-18(21-17)20(26)24-8-9-25-14(12-24)10-19(22-25)23-29(27,28)15-6-7-15/h13-19,21-23H,2-12H2,1H3. The fourth-order valence-electron chi connectivity index (χ4n) is 6.12.